The molecule has 0 unspecified atom stereocenters. The molecule has 0 saturated heterocycles. The number of nitrogens with one attached hydrogen (secondary N) is 1. The van der Waals surface area contributed by atoms with Gasteiger partial charge in [0, 0.05) is 13.1 Å². The van der Waals surface area contributed by atoms with E-state index in [4.69, 9.17) is 0 Å². The minimum absolute atomic E-state index is 0.909. The van der Waals surface area contributed by atoms with Gasteiger partial charge in [0.15, 0.2) is 0 Å². The Morgan fingerprint density at radius 2 is 2.56 bits per heavy atom. The lowest BCUT2D eigenvalue weighted by Gasteiger charge is -1.90. The second kappa shape index (κ2) is 1.81. The van der Waals surface area contributed by atoms with Crippen LogP contribution in [0.4, 0.5) is 0 Å². The van der Waals surface area contributed by atoms with Crippen LogP contribution in [-0.2, 0) is 13.1 Å². The minimum atomic E-state index is 0.909. The summed E-state index contributed by atoms with van der Waals surface area (Å²) >= 11 is 0. The number of pyridine rings is 1. The van der Waals surface area contributed by atoms with Crippen LogP contribution in [0.15, 0.2) is 12.1 Å². The van der Waals surface area contributed by atoms with E-state index in [1.54, 1.807) is 0 Å². The van der Waals surface area contributed by atoms with Crippen molar-refractivity contribution in [1.82, 2.24) is 10.3 Å². The summed E-state index contributed by atoms with van der Waals surface area (Å²) < 4.78 is 0. The number of hydrogen-bond donors (Lipinski definition) is 1. The average Bonchev–Trinajstić information content (AvgIpc) is 2.33. The van der Waals surface area contributed by atoms with E-state index >= 15 is 0 Å². The highest BCUT2D eigenvalue weighted by Crippen LogP contribution is 2.09. The van der Waals surface area contributed by atoms with Crippen LogP contribution in [0.3, 0.4) is 0 Å². The zero-order valence-electron chi connectivity index (χ0n) is 5.02. The first-order chi connectivity index (χ1) is 4.47. The Labute approximate surface area is 53.9 Å². The number of hydrogen-bond acceptors (Lipinski definition) is 2. The fraction of sp³-hybridized carbons (Fsp3) is 0.286. The highest BCUT2D eigenvalue weighted by atomic mass is 14.9. The van der Waals surface area contributed by atoms with Gasteiger partial charge in [-0.15, -0.1) is 0 Å². The molecule has 1 aliphatic rings. The molecule has 2 nitrogen and oxygen atoms in total. The van der Waals surface area contributed by atoms with Crippen molar-refractivity contribution in [1.29, 1.82) is 0 Å². The normalized spacial score (nSPS) is 15.6. The molecule has 0 bridgehead atoms. The summed E-state index contributed by atoms with van der Waals surface area (Å²) in [6.45, 7) is 1.88. The molecule has 0 aliphatic carbocycles. The van der Waals surface area contributed by atoms with Gasteiger partial charge in [0.25, 0.3) is 0 Å². The summed E-state index contributed by atoms with van der Waals surface area (Å²) in [5.74, 6) is 0. The van der Waals surface area contributed by atoms with Gasteiger partial charge in [-0.1, -0.05) is 6.07 Å². The monoisotopic (exact) mass is 119 g/mol. The van der Waals surface area contributed by atoms with Gasteiger partial charge in [0.05, 0.1) is 11.9 Å². The highest BCUT2D eigenvalue weighted by Gasteiger charge is 2.08. The quantitative estimate of drug-likeness (QED) is 0.537. The smallest absolute Gasteiger partial charge is 0.0890 e. The number of rotatable bonds is 0. The number of nitrogens with zero attached hydrogens (tertiary/aromatic N) is 1. The van der Waals surface area contributed by atoms with Gasteiger partial charge in [-0.05, 0) is 11.6 Å². The highest BCUT2D eigenvalue weighted by molar-refractivity contribution is 5.22. The molecule has 1 aromatic heterocycles. The molecule has 0 spiro atoms. The van der Waals surface area contributed by atoms with E-state index in [0.29, 0.717) is 0 Å². The molecule has 1 radical (unpaired) electrons. The fourth-order valence-corrected chi connectivity index (χ4v) is 1.05. The maximum atomic E-state index is 4.07. The van der Waals surface area contributed by atoms with Crippen molar-refractivity contribution >= 4 is 0 Å². The Morgan fingerprint density at radius 1 is 1.56 bits per heavy atom. The van der Waals surface area contributed by atoms with Crippen LogP contribution in [0.25, 0.3) is 0 Å². The maximum Gasteiger partial charge on any atom is 0.0890 e. The third-order valence-electron chi connectivity index (χ3n) is 1.54. The van der Waals surface area contributed by atoms with Crippen molar-refractivity contribution in [3.05, 3.63) is 29.6 Å². The van der Waals surface area contributed by atoms with Crippen LogP contribution >= 0.6 is 0 Å². The molecule has 2 heteroatoms. The molecule has 2 rings (SSSR count). The molecule has 1 N–H and O–H groups in total. The standard InChI is InChI=1S/C7H7N2/c1-2-6-4-8-5-7(6)9-3-1/h1-2,8H,4-5H2. The van der Waals surface area contributed by atoms with Gasteiger partial charge in [-0.3, -0.25) is 0 Å². The van der Waals surface area contributed by atoms with Gasteiger partial charge in [0.2, 0.25) is 0 Å². The van der Waals surface area contributed by atoms with Crippen molar-refractivity contribution in [3.8, 4) is 0 Å². The summed E-state index contributed by atoms with van der Waals surface area (Å²) in [5, 5.41) is 3.21. The number of aromatic nitrogens is 1. The van der Waals surface area contributed by atoms with Crippen LogP contribution in [0, 0.1) is 6.20 Å². The largest absolute Gasteiger partial charge is 0.307 e. The van der Waals surface area contributed by atoms with Crippen molar-refractivity contribution in [3.63, 3.8) is 0 Å². The fourth-order valence-electron chi connectivity index (χ4n) is 1.05. The van der Waals surface area contributed by atoms with Gasteiger partial charge < -0.3 is 5.32 Å². The SMILES string of the molecule is [c]1ccc2c(n1)CNC2. The average molecular weight is 119 g/mol. The van der Waals surface area contributed by atoms with Crippen molar-refractivity contribution in [2.24, 2.45) is 0 Å². The Hall–Kier alpha value is -0.890. The maximum absolute atomic E-state index is 4.07. The molecule has 9 heavy (non-hydrogen) atoms. The van der Waals surface area contributed by atoms with E-state index < -0.39 is 0 Å². The molecule has 1 aromatic rings. The predicted molar refractivity (Wildman–Crippen MR) is 33.6 cm³/mol. The second-order valence-corrected chi connectivity index (χ2v) is 2.15. The van der Waals surface area contributed by atoms with Crippen LogP contribution in [0.5, 0.6) is 0 Å². The zero-order valence-corrected chi connectivity index (χ0v) is 5.02. The van der Waals surface area contributed by atoms with Crippen molar-refractivity contribution < 1.29 is 0 Å². The third-order valence-corrected chi connectivity index (χ3v) is 1.54. The molecule has 2 heterocycles. The molecule has 0 amide bonds. The molecular formula is C7H7N2. The van der Waals surface area contributed by atoms with E-state index in [1.165, 1.54) is 5.56 Å². The van der Waals surface area contributed by atoms with E-state index in [2.05, 4.69) is 22.6 Å². The van der Waals surface area contributed by atoms with E-state index in [-0.39, 0.29) is 0 Å². The lowest BCUT2D eigenvalue weighted by Crippen LogP contribution is -2.00. The van der Waals surface area contributed by atoms with Crippen LogP contribution in [-0.4, -0.2) is 4.98 Å². The summed E-state index contributed by atoms with van der Waals surface area (Å²) in [6.07, 6.45) is 2.80. The minimum Gasteiger partial charge on any atom is -0.307 e. The molecule has 0 atom stereocenters. The summed E-state index contributed by atoms with van der Waals surface area (Å²) in [5.41, 5.74) is 2.46. The molecule has 0 aromatic carbocycles. The van der Waals surface area contributed by atoms with Crippen LogP contribution in [0.1, 0.15) is 11.3 Å². The number of fused-ring (bicyclic) bond motifs is 1. The molecule has 45 valence electrons. The lowest BCUT2D eigenvalue weighted by atomic mass is 10.2. The van der Waals surface area contributed by atoms with Gasteiger partial charge in [0.1, 0.15) is 0 Å². The topological polar surface area (TPSA) is 24.9 Å². The van der Waals surface area contributed by atoms with E-state index in [1.807, 2.05) is 6.07 Å². The molecule has 0 fully saturated rings. The van der Waals surface area contributed by atoms with Crippen molar-refractivity contribution in [2.45, 2.75) is 13.1 Å². The Bertz CT molecular complexity index is 197. The third kappa shape index (κ3) is 0.715. The van der Waals surface area contributed by atoms with Gasteiger partial charge in [-0.25, -0.2) is 4.98 Å². The summed E-state index contributed by atoms with van der Waals surface area (Å²) in [7, 11) is 0. The van der Waals surface area contributed by atoms with Crippen LogP contribution in [0.2, 0.25) is 0 Å². The van der Waals surface area contributed by atoms with Gasteiger partial charge in [-0.2, -0.15) is 0 Å². The second-order valence-electron chi connectivity index (χ2n) is 2.15. The van der Waals surface area contributed by atoms with Gasteiger partial charge >= 0.3 is 0 Å². The van der Waals surface area contributed by atoms with Crippen molar-refractivity contribution in [2.75, 3.05) is 0 Å². The Morgan fingerprint density at radius 3 is 3.44 bits per heavy atom. The first kappa shape index (κ1) is 4.94. The van der Waals surface area contributed by atoms with E-state index in [9.17, 15) is 0 Å². The zero-order chi connectivity index (χ0) is 6.10. The predicted octanol–water partition coefficient (Wildman–Crippen LogP) is 0.485. The van der Waals surface area contributed by atoms with E-state index in [0.717, 1.165) is 18.8 Å². The first-order valence-electron chi connectivity index (χ1n) is 3.02. The first-order valence-corrected chi connectivity index (χ1v) is 3.02. The Balaban J connectivity index is 2.54. The molecule has 0 saturated carbocycles. The summed E-state index contributed by atoms with van der Waals surface area (Å²) in [6, 6.07) is 3.91. The molecule has 1 aliphatic heterocycles. The summed E-state index contributed by atoms with van der Waals surface area (Å²) in [4.78, 5) is 4.07. The Kier molecular flexibility index (Phi) is 0.993. The molecular weight excluding hydrogens is 112 g/mol. The lowest BCUT2D eigenvalue weighted by molar-refractivity contribution is 0.757. The van der Waals surface area contributed by atoms with Crippen LogP contribution < -0.4 is 5.32 Å².